The Kier molecular flexibility index (Phi) is 3.50. The first-order valence-electron chi connectivity index (χ1n) is 6.93. The maximum absolute atomic E-state index is 11.0. The van der Waals surface area contributed by atoms with Crippen molar-refractivity contribution in [2.24, 2.45) is 5.18 Å². The quantitative estimate of drug-likeness (QED) is 0.726. The largest absolute Gasteiger partial charge is 0.489 e. The zero-order valence-corrected chi connectivity index (χ0v) is 11.5. The Morgan fingerprint density at radius 2 is 1.95 bits per heavy atom. The van der Waals surface area contributed by atoms with Gasteiger partial charge < -0.3 is 4.74 Å². The molecule has 0 bridgehead atoms. The molecular weight excluding hydrogens is 250 g/mol. The van der Waals surface area contributed by atoms with Crippen molar-refractivity contribution in [3.8, 4) is 5.75 Å². The number of aryl methyl sites for hydroxylation is 1. The minimum atomic E-state index is 0.401. The van der Waals surface area contributed by atoms with Crippen LogP contribution >= 0.6 is 0 Å². The summed E-state index contributed by atoms with van der Waals surface area (Å²) in [5, 5.41) is 3.15. The molecule has 1 fully saturated rings. The standard InChI is InChI=1S/C17H17NO2/c1-12-5-2-3-8-17(12)20-11-15-14(13-9-10-13)6-4-7-16(15)18-19/h2-8,13H,9-11H2,1H3. The molecule has 3 heteroatoms. The molecule has 1 saturated carbocycles. The van der Waals surface area contributed by atoms with Crippen molar-refractivity contribution in [1.29, 1.82) is 0 Å². The van der Waals surface area contributed by atoms with Crippen LogP contribution in [0.5, 0.6) is 5.75 Å². The lowest BCUT2D eigenvalue weighted by molar-refractivity contribution is 0.303. The number of para-hydroxylation sites is 1. The summed E-state index contributed by atoms with van der Waals surface area (Å²) >= 11 is 0. The fourth-order valence-corrected chi connectivity index (χ4v) is 2.48. The van der Waals surface area contributed by atoms with Gasteiger partial charge in [0, 0.05) is 5.56 Å². The highest BCUT2D eigenvalue weighted by molar-refractivity contribution is 5.52. The Hall–Kier alpha value is -2.16. The third-order valence-electron chi connectivity index (χ3n) is 3.77. The SMILES string of the molecule is Cc1ccccc1OCc1c(N=O)cccc1C1CC1. The summed E-state index contributed by atoms with van der Waals surface area (Å²) < 4.78 is 5.89. The van der Waals surface area contributed by atoms with E-state index in [1.807, 2.05) is 37.3 Å². The van der Waals surface area contributed by atoms with E-state index in [1.165, 1.54) is 18.4 Å². The number of benzene rings is 2. The van der Waals surface area contributed by atoms with Crippen LogP contribution in [-0.4, -0.2) is 0 Å². The predicted molar refractivity (Wildman–Crippen MR) is 79.4 cm³/mol. The molecule has 2 aromatic rings. The predicted octanol–water partition coefficient (Wildman–Crippen LogP) is 4.85. The monoisotopic (exact) mass is 267 g/mol. The average molecular weight is 267 g/mol. The van der Waals surface area contributed by atoms with Gasteiger partial charge in [-0.15, -0.1) is 4.91 Å². The van der Waals surface area contributed by atoms with E-state index in [2.05, 4.69) is 11.2 Å². The second-order valence-corrected chi connectivity index (χ2v) is 5.26. The Labute approximate surface area is 118 Å². The van der Waals surface area contributed by atoms with Crippen molar-refractivity contribution in [3.63, 3.8) is 0 Å². The van der Waals surface area contributed by atoms with Crippen LogP contribution in [0, 0.1) is 11.8 Å². The Balaban J connectivity index is 1.86. The summed E-state index contributed by atoms with van der Waals surface area (Å²) in [6.07, 6.45) is 2.39. The van der Waals surface area contributed by atoms with Gasteiger partial charge in [-0.1, -0.05) is 30.3 Å². The number of rotatable bonds is 5. The molecule has 20 heavy (non-hydrogen) atoms. The normalized spacial score (nSPS) is 14.1. The first kappa shape index (κ1) is 12.9. The molecule has 1 aliphatic carbocycles. The molecule has 0 unspecified atom stereocenters. The number of nitroso groups, excluding NO2 is 1. The van der Waals surface area contributed by atoms with E-state index < -0.39 is 0 Å². The molecule has 0 saturated heterocycles. The van der Waals surface area contributed by atoms with Crippen LogP contribution in [0.1, 0.15) is 35.4 Å². The molecule has 0 spiro atoms. The summed E-state index contributed by atoms with van der Waals surface area (Å²) in [6, 6.07) is 13.6. The van der Waals surface area contributed by atoms with Crippen molar-refractivity contribution in [1.82, 2.24) is 0 Å². The first-order valence-corrected chi connectivity index (χ1v) is 6.93. The van der Waals surface area contributed by atoms with Gasteiger partial charge >= 0.3 is 0 Å². The van der Waals surface area contributed by atoms with Gasteiger partial charge in [0.25, 0.3) is 0 Å². The zero-order chi connectivity index (χ0) is 13.9. The highest BCUT2D eigenvalue weighted by Gasteiger charge is 2.27. The second kappa shape index (κ2) is 5.45. The van der Waals surface area contributed by atoms with E-state index in [4.69, 9.17) is 4.74 Å². The molecule has 0 aromatic heterocycles. The van der Waals surface area contributed by atoms with Crippen LogP contribution in [-0.2, 0) is 6.61 Å². The molecule has 102 valence electrons. The molecule has 3 rings (SSSR count). The smallest absolute Gasteiger partial charge is 0.122 e. The minimum absolute atomic E-state index is 0.401. The summed E-state index contributed by atoms with van der Waals surface area (Å²) in [7, 11) is 0. The third kappa shape index (κ3) is 2.57. The molecule has 3 nitrogen and oxygen atoms in total. The van der Waals surface area contributed by atoms with Crippen LogP contribution in [0.3, 0.4) is 0 Å². The number of hydrogen-bond donors (Lipinski definition) is 0. The van der Waals surface area contributed by atoms with Crippen LogP contribution in [0.25, 0.3) is 0 Å². The lowest BCUT2D eigenvalue weighted by Crippen LogP contribution is -2.01. The van der Waals surface area contributed by atoms with E-state index in [1.54, 1.807) is 6.07 Å². The highest BCUT2D eigenvalue weighted by atomic mass is 16.5. The summed E-state index contributed by atoms with van der Waals surface area (Å²) in [5.74, 6) is 1.43. The van der Waals surface area contributed by atoms with E-state index in [9.17, 15) is 4.91 Å². The van der Waals surface area contributed by atoms with Crippen LogP contribution in [0.2, 0.25) is 0 Å². The molecular formula is C17H17NO2. The summed E-state index contributed by atoms with van der Waals surface area (Å²) in [5.41, 5.74) is 3.75. The Bertz CT molecular complexity index is 633. The van der Waals surface area contributed by atoms with E-state index in [0.29, 0.717) is 18.2 Å². The van der Waals surface area contributed by atoms with Crippen LogP contribution in [0.15, 0.2) is 47.6 Å². The number of ether oxygens (including phenoxy) is 1. The van der Waals surface area contributed by atoms with Gasteiger partial charge in [-0.25, -0.2) is 0 Å². The maximum atomic E-state index is 11.0. The van der Waals surface area contributed by atoms with Gasteiger partial charge in [0.1, 0.15) is 18.0 Å². The molecule has 0 heterocycles. The van der Waals surface area contributed by atoms with Crippen LogP contribution in [0.4, 0.5) is 5.69 Å². The number of nitrogens with zero attached hydrogens (tertiary/aromatic N) is 1. The molecule has 1 aliphatic rings. The van der Waals surface area contributed by atoms with Gasteiger partial charge in [-0.05, 0) is 54.1 Å². The van der Waals surface area contributed by atoms with Crippen molar-refractivity contribution in [3.05, 3.63) is 64.1 Å². The Morgan fingerprint density at radius 1 is 1.15 bits per heavy atom. The Morgan fingerprint density at radius 3 is 2.65 bits per heavy atom. The van der Waals surface area contributed by atoms with Gasteiger partial charge in [0.15, 0.2) is 0 Å². The maximum Gasteiger partial charge on any atom is 0.122 e. The molecule has 0 N–H and O–H groups in total. The van der Waals surface area contributed by atoms with Gasteiger partial charge in [-0.3, -0.25) is 0 Å². The first-order chi connectivity index (χ1) is 9.79. The lowest BCUT2D eigenvalue weighted by Gasteiger charge is -2.13. The highest BCUT2D eigenvalue weighted by Crippen LogP contribution is 2.43. The van der Waals surface area contributed by atoms with Crippen molar-refractivity contribution < 1.29 is 4.74 Å². The van der Waals surface area contributed by atoms with Crippen molar-refractivity contribution in [2.75, 3.05) is 0 Å². The van der Waals surface area contributed by atoms with Crippen molar-refractivity contribution in [2.45, 2.75) is 32.3 Å². The topological polar surface area (TPSA) is 38.7 Å². The summed E-state index contributed by atoms with van der Waals surface area (Å²) in [4.78, 5) is 11.0. The molecule has 0 aliphatic heterocycles. The third-order valence-corrected chi connectivity index (χ3v) is 3.77. The molecule has 2 aromatic carbocycles. The van der Waals surface area contributed by atoms with Gasteiger partial charge in [-0.2, -0.15) is 0 Å². The zero-order valence-electron chi connectivity index (χ0n) is 11.5. The fraction of sp³-hybridized carbons (Fsp3) is 0.294. The van der Waals surface area contributed by atoms with E-state index >= 15 is 0 Å². The average Bonchev–Trinajstić information content (AvgIpc) is 3.30. The van der Waals surface area contributed by atoms with E-state index in [-0.39, 0.29) is 0 Å². The van der Waals surface area contributed by atoms with E-state index in [0.717, 1.165) is 16.9 Å². The lowest BCUT2D eigenvalue weighted by atomic mass is 10.0. The fourth-order valence-electron chi connectivity index (χ4n) is 2.48. The minimum Gasteiger partial charge on any atom is -0.489 e. The molecule has 0 amide bonds. The molecule has 0 radical (unpaired) electrons. The summed E-state index contributed by atoms with van der Waals surface area (Å²) in [6.45, 7) is 2.42. The van der Waals surface area contributed by atoms with Crippen molar-refractivity contribution >= 4 is 5.69 Å². The number of hydrogen-bond acceptors (Lipinski definition) is 3. The van der Waals surface area contributed by atoms with Crippen LogP contribution < -0.4 is 4.74 Å². The van der Waals surface area contributed by atoms with Gasteiger partial charge in [0.05, 0.1) is 0 Å². The molecule has 0 atom stereocenters. The second-order valence-electron chi connectivity index (χ2n) is 5.26. The van der Waals surface area contributed by atoms with Gasteiger partial charge in [0.2, 0.25) is 0 Å².